The summed E-state index contributed by atoms with van der Waals surface area (Å²) in [6.45, 7) is 15.6. The molecule has 0 radical (unpaired) electrons. The largest absolute Gasteiger partial charge is 0.480 e. The standard InChI is InChI=1S/C17H36N2O2/c1-8-10-11-19(14(5)9-2)15(6)12-17(7,16(20)21)18-13(3)4/h13-15,18H,8-12H2,1-7H3,(H,20,21). The molecule has 2 N–H and O–H groups in total. The Morgan fingerprint density at radius 3 is 2.14 bits per heavy atom. The molecule has 0 fully saturated rings. The average Bonchev–Trinajstić information content (AvgIpc) is 2.37. The van der Waals surface area contributed by atoms with E-state index in [2.05, 4.69) is 37.9 Å². The summed E-state index contributed by atoms with van der Waals surface area (Å²) in [6.07, 6.45) is 4.04. The SMILES string of the molecule is CCCCN(C(C)CC)C(C)CC(C)(NC(C)C)C(=O)O. The van der Waals surface area contributed by atoms with Gasteiger partial charge in [0.05, 0.1) is 0 Å². The fourth-order valence-corrected chi connectivity index (χ4v) is 3.00. The van der Waals surface area contributed by atoms with Crippen molar-refractivity contribution in [1.82, 2.24) is 10.2 Å². The fourth-order valence-electron chi connectivity index (χ4n) is 3.00. The van der Waals surface area contributed by atoms with Crippen LogP contribution in [0.1, 0.15) is 74.1 Å². The number of aliphatic carboxylic acids is 1. The van der Waals surface area contributed by atoms with E-state index in [0.29, 0.717) is 12.5 Å². The van der Waals surface area contributed by atoms with E-state index in [-0.39, 0.29) is 12.1 Å². The number of nitrogens with one attached hydrogen (secondary N) is 1. The minimum Gasteiger partial charge on any atom is -0.480 e. The van der Waals surface area contributed by atoms with Gasteiger partial charge in [0.15, 0.2) is 0 Å². The molecule has 0 spiro atoms. The Bertz CT molecular complexity index is 307. The van der Waals surface area contributed by atoms with Gasteiger partial charge in [0.25, 0.3) is 0 Å². The van der Waals surface area contributed by atoms with Crippen LogP contribution < -0.4 is 5.32 Å². The van der Waals surface area contributed by atoms with Crippen molar-refractivity contribution in [2.45, 2.75) is 97.8 Å². The van der Waals surface area contributed by atoms with E-state index in [9.17, 15) is 9.90 Å². The quantitative estimate of drug-likeness (QED) is 0.613. The van der Waals surface area contributed by atoms with E-state index >= 15 is 0 Å². The lowest BCUT2D eigenvalue weighted by Gasteiger charge is -2.39. The van der Waals surface area contributed by atoms with Gasteiger partial charge in [-0.05, 0) is 60.4 Å². The summed E-state index contributed by atoms with van der Waals surface area (Å²) in [6, 6.07) is 0.897. The molecule has 0 aromatic rings. The summed E-state index contributed by atoms with van der Waals surface area (Å²) in [4.78, 5) is 14.2. The van der Waals surface area contributed by atoms with Crippen LogP contribution in [0.25, 0.3) is 0 Å². The van der Waals surface area contributed by atoms with Crippen molar-refractivity contribution in [3.63, 3.8) is 0 Å². The van der Waals surface area contributed by atoms with Crippen molar-refractivity contribution >= 4 is 5.97 Å². The number of hydrogen-bond donors (Lipinski definition) is 2. The topological polar surface area (TPSA) is 52.6 Å². The third kappa shape index (κ3) is 6.79. The van der Waals surface area contributed by atoms with Crippen molar-refractivity contribution < 1.29 is 9.90 Å². The molecule has 0 rings (SSSR count). The molecule has 0 aliphatic heterocycles. The molecule has 4 heteroatoms. The van der Waals surface area contributed by atoms with Crippen LogP contribution in [-0.2, 0) is 4.79 Å². The molecule has 0 aliphatic rings. The fraction of sp³-hybridized carbons (Fsp3) is 0.941. The molecule has 21 heavy (non-hydrogen) atoms. The zero-order valence-corrected chi connectivity index (χ0v) is 15.1. The number of unbranched alkanes of at least 4 members (excludes halogenated alkanes) is 1. The molecular formula is C17H36N2O2. The van der Waals surface area contributed by atoms with Crippen LogP contribution in [0.15, 0.2) is 0 Å². The highest BCUT2D eigenvalue weighted by Gasteiger charge is 2.36. The summed E-state index contributed by atoms with van der Waals surface area (Å²) in [5.74, 6) is -0.761. The molecular weight excluding hydrogens is 264 g/mol. The summed E-state index contributed by atoms with van der Waals surface area (Å²) < 4.78 is 0. The maximum atomic E-state index is 11.7. The normalized spacial score (nSPS) is 17.8. The lowest BCUT2D eigenvalue weighted by molar-refractivity contribution is -0.145. The number of carboxylic acid groups (broad SMARTS) is 1. The van der Waals surface area contributed by atoms with Gasteiger partial charge < -0.3 is 5.11 Å². The minimum atomic E-state index is -0.870. The monoisotopic (exact) mass is 300 g/mol. The maximum Gasteiger partial charge on any atom is 0.323 e. The Hall–Kier alpha value is -0.610. The molecule has 0 aliphatic carbocycles. The van der Waals surface area contributed by atoms with Crippen LogP contribution in [0.4, 0.5) is 0 Å². The maximum absolute atomic E-state index is 11.7. The highest BCUT2D eigenvalue weighted by Crippen LogP contribution is 2.21. The Morgan fingerprint density at radius 1 is 1.19 bits per heavy atom. The summed E-state index contributed by atoms with van der Waals surface area (Å²) in [7, 11) is 0. The van der Waals surface area contributed by atoms with Gasteiger partial charge in [-0.2, -0.15) is 0 Å². The van der Waals surface area contributed by atoms with E-state index in [4.69, 9.17) is 0 Å². The van der Waals surface area contributed by atoms with E-state index in [0.717, 1.165) is 19.4 Å². The van der Waals surface area contributed by atoms with Crippen LogP contribution in [-0.4, -0.2) is 46.2 Å². The molecule has 0 aromatic carbocycles. The Balaban J connectivity index is 4.97. The van der Waals surface area contributed by atoms with Gasteiger partial charge in [-0.3, -0.25) is 15.0 Å². The predicted molar refractivity (Wildman–Crippen MR) is 89.8 cm³/mol. The zero-order valence-electron chi connectivity index (χ0n) is 15.1. The van der Waals surface area contributed by atoms with Crippen molar-refractivity contribution in [2.24, 2.45) is 0 Å². The van der Waals surface area contributed by atoms with E-state index < -0.39 is 11.5 Å². The second-order valence-corrected chi connectivity index (χ2v) is 6.84. The lowest BCUT2D eigenvalue weighted by atomic mass is 9.91. The second-order valence-electron chi connectivity index (χ2n) is 6.84. The van der Waals surface area contributed by atoms with Crippen molar-refractivity contribution in [3.8, 4) is 0 Å². The van der Waals surface area contributed by atoms with Crippen LogP contribution in [0, 0.1) is 0 Å². The Kier molecular flexibility index (Phi) is 9.14. The van der Waals surface area contributed by atoms with Gasteiger partial charge in [-0.1, -0.05) is 20.3 Å². The first-order valence-electron chi connectivity index (χ1n) is 8.44. The third-order valence-corrected chi connectivity index (χ3v) is 4.28. The van der Waals surface area contributed by atoms with E-state index in [1.807, 2.05) is 13.8 Å². The summed E-state index contributed by atoms with van der Waals surface area (Å²) in [5.41, 5.74) is -0.870. The first-order valence-corrected chi connectivity index (χ1v) is 8.44. The van der Waals surface area contributed by atoms with Gasteiger partial charge in [0, 0.05) is 18.1 Å². The van der Waals surface area contributed by atoms with Crippen molar-refractivity contribution in [2.75, 3.05) is 6.54 Å². The Morgan fingerprint density at radius 2 is 1.76 bits per heavy atom. The Labute approximate surface area is 131 Å². The van der Waals surface area contributed by atoms with Gasteiger partial charge in [0.2, 0.25) is 0 Å². The van der Waals surface area contributed by atoms with Crippen LogP contribution in [0.3, 0.4) is 0 Å². The van der Waals surface area contributed by atoms with E-state index in [1.54, 1.807) is 6.92 Å². The number of rotatable bonds is 11. The average molecular weight is 300 g/mol. The highest BCUT2D eigenvalue weighted by atomic mass is 16.4. The summed E-state index contributed by atoms with van der Waals surface area (Å²) >= 11 is 0. The molecule has 0 bridgehead atoms. The summed E-state index contributed by atoms with van der Waals surface area (Å²) in [5, 5.41) is 12.8. The van der Waals surface area contributed by atoms with Gasteiger partial charge in [-0.15, -0.1) is 0 Å². The molecule has 126 valence electrons. The number of carboxylic acids is 1. The van der Waals surface area contributed by atoms with Crippen molar-refractivity contribution in [1.29, 1.82) is 0 Å². The van der Waals surface area contributed by atoms with Gasteiger partial charge >= 0.3 is 5.97 Å². The zero-order chi connectivity index (χ0) is 16.6. The van der Waals surface area contributed by atoms with Gasteiger partial charge in [-0.25, -0.2) is 0 Å². The first-order chi connectivity index (χ1) is 9.67. The molecule has 3 unspecified atom stereocenters. The molecule has 0 heterocycles. The van der Waals surface area contributed by atoms with Crippen LogP contribution >= 0.6 is 0 Å². The molecule has 4 nitrogen and oxygen atoms in total. The number of hydrogen-bond acceptors (Lipinski definition) is 3. The third-order valence-electron chi connectivity index (χ3n) is 4.28. The predicted octanol–water partition coefficient (Wildman–Crippen LogP) is 3.51. The first kappa shape index (κ1) is 20.4. The highest BCUT2D eigenvalue weighted by molar-refractivity contribution is 5.78. The molecule has 0 saturated heterocycles. The van der Waals surface area contributed by atoms with Crippen LogP contribution in [0.2, 0.25) is 0 Å². The number of carbonyl (C=O) groups is 1. The lowest BCUT2D eigenvalue weighted by Crippen LogP contribution is -2.56. The number of nitrogens with zero attached hydrogens (tertiary/aromatic N) is 1. The van der Waals surface area contributed by atoms with Crippen molar-refractivity contribution in [3.05, 3.63) is 0 Å². The molecule has 0 amide bonds. The minimum absolute atomic E-state index is 0.158. The molecule has 3 atom stereocenters. The van der Waals surface area contributed by atoms with E-state index in [1.165, 1.54) is 6.42 Å². The van der Waals surface area contributed by atoms with Gasteiger partial charge in [0.1, 0.15) is 5.54 Å². The van der Waals surface area contributed by atoms with Crippen LogP contribution in [0.5, 0.6) is 0 Å². The second kappa shape index (κ2) is 9.42. The smallest absolute Gasteiger partial charge is 0.323 e. The molecule has 0 saturated carbocycles. The molecule has 0 aromatic heterocycles.